The van der Waals surface area contributed by atoms with E-state index in [0.717, 1.165) is 18.9 Å². The van der Waals surface area contributed by atoms with Crippen molar-refractivity contribution < 1.29 is 4.74 Å². The van der Waals surface area contributed by atoms with Gasteiger partial charge in [0.05, 0.1) is 6.61 Å². The first kappa shape index (κ1) is 13.4. The molecular weight excluding hydrogens is 222 g/mol. The third-order valence-electron chi connectivity index (χ3n) is 4.04. The summed E-state index contributed by atoms with van der Waals surface area (Å²) < 4.78 is 5.78. The van der Waals surface area contributed by atoms with Crippen molar-refractivity contribution in [3.63, 3.8) is 0 Å². The third kappa shape index (κ3) is 2.86. The Morgan fingerprint density at radius 3 is 2.72 bits per heavy atom. The first-order valence-corrected chi connectivity index (χ1v) is 6.88. The van der Waals surface area contributed by atoms with Crippen LogP contribution in [0.2, 0.25) is 0 Å². The topological polar surface area (TPSA) is 21.3 Å². The summed E-state index contributed by atoms with van der Waals surface area (Å²) in [6.07, 6.45) is 1.20. The normalized spacial score (nSPS) is 20.3. The van der Waals surface area contributed by atoms with Gasteiger partial charge in [-0.05, 0) is 37.4 Å². The fourth-order valence-electron chi connectivity index (χ4n) is 2.76. The molecule has 2 rings (SSSR count). The lowest BCUT2D eigenvalue weighted by Gasteiger charge is -2.32. The van der Waals surface area contributed by atoms with E-state index in [1.165, 1.54) is 12.0 Å². The van der Waals surface area contributed by atoms with Crippen LogP contribution in [-0.2, 0) is 0 Å². The Bertz CT molecular complexity index is 394. The van der Waals surface area contributed by atoms with E-state index in [1.807, 2.05) is 7.05 Å². The molecule has 100 valence electrons. The van der Waals surface area contributed by atoms with Crippen molar-refractivity contribution in [2.45, 2.75) is 33.1 Å². The summed E-state index contributed by atoms with van der Waals surface area (Å²) in [7, 11) is 2.04. The van der Waals surface area contributed by atoms with Gasteiger partial charge in [-0.2, -0.15) is 0 Å². The number of rotatable bonds is 4. The van der Waals surface area contributed by atoms with Crippen LogP contribution >= 0.6 is 0 Å². The quantitative estimate of drug-likeness (QED) is 0.880. The second-order valence-electron chi connectivity index (χ2n) is 6.40. The van der Waals surface area contributed by atoms with Crippen LogP contribution in [0, 0.1) is 11.3 Å². The molecule has 2 unspecified atom stereocenters. The average molecular weight is 247 g/mol. The Kier molecular flexibility index (Phi) is 3.96. The van der Waals surface area contributed by atoms with E-state index >= 15 is 0 Å². The first-order chi connectivity index (χ1) is 8.52. The van der Waals surface area contributed by atoms with Crippen molar-refractivity contribution in [2.75, 3.05) is 20.2 Å². The van der Waals surface area contributed by atoms with Gasteiger partial charge in [-0.1, -0.05) is 39.0 Å². The standard InChI is InChI=1S/C16H25NO/c1-16(2,3)13(10-17-4)9-12-11-18-15-8-6-5-7-14(12)15/h5-8,12-13,17H,9-11H2,1-4H3. The van der Waals surface area contributed by atoms with E-state index in [1.54, 1.807) is 0 Å². The number of ether oxygens (including phenoxy) is 1. The summed E-state index contributed by atoms with van der Waals surface area (Å²) in [5, 5.41) is 3.33. The molecule has 0 saturated carbocycles. The lowest BCUT2D eigenvalue weighted by Crippen LogP contribution is -2.31. The molecule has 0 aromatic heterocycles. The molecule has 2 nitrogen and oxygen atoms in total. The summed E-state index contributed by atoms with van der Waals surface area (Å²) in [6, 6.07) is 8.46. The molecular formula is C16H25NO. The molecule has 0 radical (unpaired) electrons. The van der Waals surface area contributed by atoms with E-state index in [9.17, 15) is 0 Å². The molecule has 0 aliphatic carbocycles. The molecule has 0 bridgehead atoms. The maximum absolute atomic E-state index is 5.78. The summed E-state index contributed by atoms with van der Waals surface area (Å²) in [4.78, 5) is 0. The minimum absolute atomic E-state index is 0.334. The van der Waals surface area contributed by atoms with Gasteiger partial charge in [-0.15, -0.1) is 0 Å². The van der Waals surface area contributed by atoms with Crippen LogP contribution in [-0.4, -0.2) is 20.2 Å². The van der Waals surface area contributed by atoms with Crippen molar-refractivity contribution in [2.24, 2.45) is 11.3 Å². The number of benzene rings is 1. The Morgan fingerprint density at radius 1 is 1.33 bits per heavy atom. The Balaban J connectivity index is 2.10. The monoisotopic (exact) mass is 247 g/mol. The zero-order chi connectivity index (χ0) is 13.2. The minimum atomic E-state index is 0.334. The SMILES string of the molecule is CNCC(CC1COc2ccccc21)C(C)(C)C. The second kappa shape index (κ2) is 5.31. The van der Waals surface area contributed by atoms with Gasteiger partial charge in [0, 0.05) is 11.5 Å². The number of hydrogen-bond acceptors (Lipinski definition) is 2. The highest BCUT2D eigenvalue weighted by Crippen LogP contribution is 2.40. The van der Waals surface area contributed by atoms with Crippen molar-refractivity contribution in [3.05, 3.63) is 29.8 Å². The fraction of sp³-hybridized carbons (Fsp3) is 0.625. The van der Waals surface area contributed by atoms with Gasteiger partial charge in [-0.3, -0.25) is 0 Å². The molecule has 1 aliphatic heterocycles. The lowest BCUT2D eigenvalue weighted by molar-refractivity contribution is 0.198. The Labute approximate surface area is 111 Å². The summed E-state index contributed by atoms with van der Waals surface area (Å²) in [5.74, 6) is 2.31. The second-order valence-corrected chi connectivity index (χ2v) is 6.40. The van der Waals surface area contributed by atoms with Gasteiger partial charge in [0.15, 0.2) is 0 Å². The van der Waals surface area contributed by atoms with Gasteiger partial charge < -0.3 is 10.1 Å². The maximum atomic E-state index is 5.78. The van der Waals surface area contributed by atoms with Crippen molar-refractivity contribution in [1.29, 1.82) is 0 Å². The van der Waals surface area contributed by atoms with Gasteiger partial charge in [0.25, 0.3) is 0 Å². The van der Waals surface area contributed by atoms with Gasteiger partial charge in [0.1, 0.15) is 5.75 Å². The molecule has 0 amide bonds. The largest absolute Gasteiger partial charge is 0.493 e. The molecule has 0 saturated heterocycles. The van der Waals surface area contributed by atoms with E-state index < -0.39 is 0 Å². The van der Waals surface area contributed by atoms with Gasteiger partial charge >= 0.3 is 0 Å². The van der Waals surface area contributed by atoms with Crippen LogP contribution in [0.25, 0.3) is 0 Å². The van der Waals surface area contributed by atoms with Crippen LogP contribution in [0.4, 0.5) is 0 Å². The Morgan fingerprint density at radius 2 is 2.06 bits per heavy atom. The van der Waals surface area contributed by atoms with E-state index in [2.05, 4.69) is 50.4 Å². The van der Waals surface area contributed by atoms with E-state index in [-0.39, 0.29) is 0 Å². The number of nitrogens with one attached hydrogen (secondary N) is 1. The van der Waals surface area contributed by atoms with Crippen LogP contribution in [0.5, 0.6) is 5.75 Å². The van der Waals surface area contributed by atoms with Crippen molar-refractivity contribution in [3.8, 4) is 5.75 Å². The highest BCUT2D eigenvalue weighted by Gasteiger charge is 2.31. The predicted molar refractivity (Wildman–Crippen MR) is 76.2 cm³/mol. The predicted octanol–water partition coefficient (Wildman–Crippen LogP) is 3.43. The Hall–Kier alpha value is -1.02. The summed E-state index contributed by atoms with van der Waals surface area (Å²) >= 11 is 0. The van der Waals surface area contributed by atoms with Crippen LogP contribution in [0.3, 0.4) is 0 Å². The lowest BCUT2D eigenvalue weighted by atomic mass is 9.75. The molecule has 0 spiro atoms. The fourth-order valence-corrected chi connectivity index (χ4v) is 2.76. The van der Waals surface area contributed by atoms with Crippen LogP contribution < -0.4 is 10.1 Å². The molecule has 1 heterocycles. The zero-order valence-corrected chi connectivity index (χ0v) is 12.0. The summed E-state index contributed by atoms with van der Waals surface area (Å²) in [5.41, 5.74) is 1.73. The van der Waals surface area contributed by atoms with E-state index in [4.69, 9.17) is 4.74 Å². The maximum Gasteiger partial charge on any atom is 0.122 e. The number of para-hydroxylation sites is 1. The molecule has 0 fully saturated rings. The molecule has 2 heteroatoms. The summed E-state index contributed by atoms with van der Waals surface area (Å²) in [6.45, 7) is 8.90. The number of hydrogen-bond donors (Lipinski definition) is 1. The third-order valence-corrected chi connectivity index (χ3v) is 4.04. The first-order valence-electron chi connectivity index (χ1n) is 6.88. The van der Waals surface area contributed by atoms with Gasteiger partial charge in [-0.25, -0.2) is 0 Å². The highest BCUT2D eigenvalue weighted by molar-refractivity contribution is 5.39. The molecule has 2 atom stereocenters. The van der Waals surface area contributed by atoms with Crippen molar-refractivity contribution >= 4 is 0 Å². The molecule has 1 aromatic carbocycles. The molecule has 1 aliphatic rings. The zero-order valence-electron chi connectivity index (χ0n) is 12.0. The molecule has 1 N–H and O–H groups in total. The van der Waals surface area contributed by atoms with Crippen LogP contribution in [0.1, 0.15) is 38.7 Å². The molecule has 1 aromatic rings. The number of fused-ring (bicyclic) bond motifs is 1. The van der Waals surface area contributed by atoms with Gasteiger partial charge in [0.2, 0.25) is 0 Å². The van der Waals surface area contributed by atoms with Crippen molar-refractivity contribution in [1.82, 2.24) is 5.32 Å². The average Bonchev–Trinajstić information content (AvgIpc) is 2.71. The van der Waals surface area contributed by atoms with E-state index in [0.29, 0.717) is 17.3 Å². The smallest absolute Gasteiger partial charge is 0.122 e. The molecule has 18 heavy (non-hydrogen) atoms. The minimum Gasteiger partial charge on any atom is -0.493 e. The highest BCUT2D eigenvalue weighted by atomic mass is 16.5. The van der Waals surface area contributed by atoms with Crippen LogP contribution in [0.15, 0.2) is 24.3 Å².